The van der Waals surface area contributed by atoms with Gasteiger partial charge in [0.15, 0.2) is 0 Å². The van der Waals surface area contributed by atoms with Gasteiger partial charge in [-0.2, -0.15) is 0 Å². The zero-order chi connectivity index (χ0) is 19.5. The van der Waals surface area contributed by atoms with Gasteiger partial charge in [0, 0.05) is 10.6 Å². The minimum Gasteiger partial charge on any atom is -0.465 e. The molecule has 0 saturated carbocycles. The average Bonchev–Trinajstić information content (AvgIpc) is 2.85. The molecule has 144 valence electrons. The molecule has 7 heteroatoms. The number of benzene rings is 1. The summed E-state index contributed by atoms with van der Waals surface area (Å²) in [5.74, 6) is 0.309. The monoisotopic (exact) mass is 381 g/mol. The van der Waals surface area contributed by atoms with Crippen LogP contribution >= 0.6 is 11.8 Å². The number of rotatable bonds is 4. The molecule has 0 unspecified atom stereocenters. The molecule has 1 aromatic rings. The van der Waals surface area contributed by atoms with Crippen molar-refractivity contribution in [2.75, 3.05) is 19.5 Å². The van der Waals surface area contributed by atoms with Gasteiger partial charge >= 0.3 is 12.1 Å². The van der Waals surface area contributed by atoms with Gasteiger partial charge in [-0.15, -0.1) is 11.8 Å². The summed E-state index contributed by atoms with van der Waals surface area (Å²) >= 11 is 1.60. The summed E-state index contributed by atoms with van der Waals surface area (Å²) in [6, 6.07) is 7.11. The van der Waals surface area contributed by atoms with Crippen LogP contribution in [0.15, 0.2) is 29.2 Å². The molecule has 0 aliphatic carbocycles. The number of thioether (sulfide) groups is 1. The Morgan fingerprint density at radius 3 is 2.42 bits per heavy atom. The fourth-order valence-electron chi connectivity index (χ4n) is 2.68. The van der Waals surface area contributed by atoms with Gasteiger partial charge in [-0.3, -0.25) is 4.90 Å². The van der Waals surface area contributed by atoms with E-state index in [0.717, 1.165) is 4.90 Å². The number of hydrogen-bond donors (Lipinski definition) is 0. The van der Waals surface area contributed by atoms with E-state index in [-0.39, 0.29) is 18.1 Å². The van der Waals surface area contributed by atoms with Crippen molar-refractivity contribution in [3.8, 4) is 0 Å². The van der Waals surface area contributed by atoms with E-state index in [9.17, 15) is 9.59 Å². The number of carbonyl (C=O) groups excluding carboxylic acids is 2. The Morgan fingerprint density at radius 2 is 1.88 bits per heavy atom. The van der Waals surface area contributed by atoms with E-state index in [0.29, 0.717) is 17.9 Å². The molecule has 1 heterocycles. The van der Waals surface area contributed by atoms with Crippen molar-refractivity contribution >= 4 is 23.8 Å². The fourth-order valence-corrected chi connectivity index (χ4v) is 3.64. The highest BCUT2D eigenvalue weighted by molar-refractivity contribution is 7.99. The van der Waals surface area contributed by atoms with Crippen LogP contribution in [0.25, 0.3) is 0 Å². The normalized spacial score (nSPS) is 19.3. The molecular formula is C19H27NO5S. The van der Waals surface area contributed by atoms with E-state index in [1.807, 2.05) is 46.8 Å². The predicted octanol–water partition coefficient (Wildman–Crippen LogP) is 3.94. The Bertz CT molecular complexity index is 651. The summed E-state index contributed by atoms with van der Waals surface area (Å²) in [5.41, 5.74) is -0.753. The summed E-state index contributed by atoms with van der Waals surface area (Å²) in [6.45, 7) is 9.74. The second-order valence-corrected chi connectivity index (χ2v) is 8.68. The van der Waals surface area contributed by atoms with Crippen molar-refractivity contribution in [3.05, 3.63) is 29.8 Å². The van der Waals surface area contributed by atoms with Gasteiger partial charge in [-0.1, -0.05) is 0 Å². The maximum absolute atomic E-state index is 12.6. The van der Waals surface area contributed by atoms with Crippen LogP contribution in [-0.4, -0.2) is 53.8 Å². The molecule has 1 amide bonds. The highest BCUT2D eigenvalue weighted by Gasteiger charge is 2.45. The quantitative estimate of drug-likeness (QED) is 0.581. The number of amides is 1. The van der Waals surface area contributed by atoms with Crippen molar-refractivity contribution in [3.63, 3.8) is 0 Å². The number of nitrogens with zero attached hydrogens (tertiary/aromatic N) is 1. The average molecular weight is 381 g/mol. The zero-order valence-corrected chi connectivity index (χ0v) is 17.0. The number of methoxy groups -OCH3 is 1. The first kappa shape index (κ1) is 20.6. The molecule has 1 atom stereocenters. The van der Waals surface area contributed by atoms with E-state index in [4.69, 9.17) is 14.2 Å². The van der Waals surface area contributed by atoms with Gasteiger partial charge in [0.2, 0.25) is 0 Å². The highest BCUT2D eigenvalue weighted by Crippen LogP contribution is 2.32. The van der Waals surface area contributed by atoms with Gasteiger partial charge in [-0.05, 0) is 58.9 Å². The Morgan fingerprint density at radius 1 is 1.27 bits per heavy atom. The Balaban J connectivity index is 2.03. The standard InChI is InChI=1S/C19H27NO5S/c1-18(2,3)25-17(22)20-14(11-24-19(20,4)5)12-26-15-9-7-13(8-10-15)16(21)23-6/h7-10,14H,11-12H2,1-6H3/t14-/m0/s1. The van der Waals surface area contributed by atoms with Crippen molar-refractivity contribution in [2.45, 2.75) is 56.9 Å². The maximum atomic E-state index is 12.6. The molecular weight excluding hydrogens is 354 g/mol. The first-order chi connectivity index (χ1) is 12.0. The first-order valence-electron chi connectivity index (χ1n) is 8.51. The molecule has 1 saturated heterocycles. The van der Waals surface area contributed by atoms with E-state index in [1.165, 1.54) is 7.11 Å². The van der Waals surface area contributed by atoms with E-state index in [1.54, 1.807) is 28.8 Å². The minimum absolute atomic E-state index is 0.0925. The van der Waals surface area contributed by atoms with Crippen molar-refractivity contribution in [1.82, 2.24) is 4.90 Å². The number of esters is 1. The number of carbonyl (C=O) groups is 2. The molecule has 1 fully saturated rings. The van der Waals surface area contributed by atoms with Crippen LogP contribution in [0.3, 0.4) is 0 Å². The molecule has 1 aliphatic heterocycles. The highest BCUT2D eigenvalue weighted by atomic mass is 32.2. The summed E-state index contributed by atoms with van der Waals surface area (Å²) in [6.07, 6.45) is -0.369. The lowest BCUT2D eigenvalue weighted by Gasteiger charge is -2.35. The van der Waals surface area contributed by atoms with Crippen LogP contribution in [0.2, 0.25) is 0 Å². The van der Waals surface area contributed by atoms with Crippen LogP contribution in [0, 0.1) is 0 Å². The van der Waals surface area contributed by atoms with E-state index in [2.05, 4.69) is 0 Å². The lowest BCUT2D eigenvalue weighted by Crippen LogP contribution is -2.50. The number of hydrogen-bond acceptors (Lipinski definition) is 6. The molecule has 1 aromatic carbocycles. The predicted molar refractivity (Wildman–Crippen MR) is 100 cm³/mol. The van der Waals surface area contributed by atoms with Crippen LogP contribution in [-0.2, 0) is 14.2 Å². The van der Waals surface area contributed by atoms with Gasteiger partial charge in [0.25, 0.3) is 0 Å². The molecule has 6 nitrogen and oxygen atoms in total. The van der Waals surface area contributed by atoms with Crippen molar-refractivity contribution in [1.29, 1.82) is 0 Å². The van der Waals surface area contributed by atoms with Gasteiger partial charge in [-0.25, -0.2) is 9.59 Å². The smallest absolute Gasteiger partial charge is 0.412 e. The maximum Gasteiger partial charge on any atom is 0.412 e. The largest absolute Gasteiger partial charge is 0.465 e. The topological polar surface area (TPSA) is 65.1 Å². The molecule has 1 aliphatic rings. The van der Waals surface area contributed by atoms with Crippen LogP contribution in [0.5, 0.6) is 0 Å². The third kappa shape index (κ3) is 5.14. The lowest BCUT2D eigenvalue weighted by atomic mass is 10.2. The molecule has 26 heavy (non-hydrogen) atoms. The summed E-state index contributed by atoms with van der Waals surface area (Å²) in [4.78, 5) is 26.8. The SMILES string of the molecule is COC(=O)c1ccc(SC[C@@H]2COC(C)(C)N2C(=O)OC(C)(C)C)cc1. The molecule has 0 radical (unpaired) electrons. The second-order valence-electron chi connectivity index (χ2n) is 7.59. The third-order valence-corrected chi connectivity index (χ3v) is 5.04. The molecule has 0 spiro atoms. The Hall–Kier alpha value is -1.73. The van der Waals surface area contributed by atoms with E-state index >= 15 is 0 Å². The molecule has 0 N–H and O–H groups in total. The lowest BCUT2D eigenvalue weighted by molar-refractivity contribution is -0.0617. The van der Waals surface area contributed by atoms with E-state index < -0.39 is 11.3 Å². The fraction of sp³-hybridized carbons (Fsp3) is 0.579. The van der Waals surface area contributed by atoms with Crippen LogP contribution in [0.4, 0.5) is 4.79 Å². The molecule has 2 rings (SSSR count). The van der Waals surface area contributed by atoms with Gasteiger partial charge in [0.1, 0.15) is 11.3 Å². The van der Waals surface area contributed by atoms with Crippen molar-refractivity contribution in [2.24, 2.45) is 0 Å². The Kier molecular flexibility index (Phi) is 6.24. The zero-order valence-electron chi connectivity index (χ0n) is 16.2. The third-order valence-electron chi connectivity index (χ3n) is 3.88. The second kappa shape index (κ2) is 7.88. The van der Waals surface area contributed by atoms with Gasteiger partial charge in [0.05, 0.1) is 25.3 Å². The Labute approximate surface area is 159 Å². The summed E-state index contributed by atoms with van der Waals surface area (Å²) < 4.78 is 16.0. The van der Waals surface area contributed by atoms with Crippen molar-refractivity contribution < 1.29 is 23.8 Å². The summed E-state index contributed by atoms with van der Waals surface area (Å²) in [7, 11) is 1.36. The van der Waals surface area contributed by atoms with Crippen LogP contribution in [0.1, 0.15) is 45.0 Å². The number of ether oxygens (including phenoxy) is 3. The van der Waals surface area contributed by atoms with Crippen LogP contribution < -0.4 is 0 Å². The molecule has 0 bridgehead atoms. The summed E-state index contributed by atoms with van der Waals surface area (Å²) in [5, 5.41) is 0. The van der Waals surface area contributed by atoms with Gasteiger partial charge < -0.3 is 14.2 Å². The molecule has 0 aromatic heterocycles. The minimum atomic E-state index is -0.706. The first-order valence-corrected chi connectivity index (χ1v) is 9.49.